The van der Waals surface area contributed by atoms with Crippen LogP contribution in [0.2, 0.25) is 0 Å². The average molecular weight is 383 g/mol. The molecule has 0 spiro atoms. The van der Waals surface area contributed by atoms with Crippen molar-refractivity contribution in [3.05, 3.63) is 54.1 Å². The van der Waals surface area contributed by atoms with E-state index in [1.165, 1.54) is 0 Å². The zero-order valence-corrected chi connectivity index (χ0v) is 16.7. The fraction of sp³-hybridized carbons (Fsp3) is 0.409. The van der Waals surface area contributed by atoms with Crippen LogP contribution in [0.1, 0.15) is 5.56 Å². The first-order chi connectivity index (χ1) is 13.7. The van der Waals surface area contributed by atoms with Gasteiger partial charge in [0.25, 0.3) is 0 Å². The van der Waals surface area contributed by atoms with E-state index < -0.39 is 0 Å². The number of nitrogens with zero attached hydrogens (tertiary/aromatic N) is 2. The van der Waals surface area contributed by atoms with Gasteiger partial charge in [-0.1, -0.05) is 24.3 Å². The highest BCUT2D eigenvalue weighted by Gasteiger charge is 2.19. The molecule has 3 rings (SSSR count). The van der Waals surface area contributed by atoms with E-state index in [1.807, 2.05) is 42.5 Å². The van der Waals surface area contributed by atoms with Crippen LogP contribution in [0.15, 0.2) is 48.5 Å². The van der Waals surface area contributed by atoms with Crippen molar-refractivity contribution in [2.24, 2.45) is 0 Å². The van der Waals surface area contributed by atoms with Crippen molar-refractivity contribution in [2.75, 3.05) is 58.4 Å². The Morgan fingerprint density at radius 1 is 1.00 bits per heavy atom. The number of nitrogens with one attached hydrogen (secondary N) is 1. The van der Waals surface area contributed by atoms with Crippen LogP contribution < -0.4 is 19.7 Å². The van der Waals surface area contributed by atoms with E-state index >= 15 is 0 Å². The largest absolute Gasteiger partial charge is 0.497 e. The molecule has 0 aromatic heterocycles. The monoisotopic (exact) mass is 383 g/mol. The Kier molecular flexibility index (Phi) is 7.14. The maximum atomic E-state index is 12.2. The van der Waals surface area contributed by atoms with Gasteiger partial charge in [0.15, 0.2) is 0 Å². The molecule has 1 heterocycles. The molecule has 6 nitrogen and oxygen atoms in total. The van der Waals surface area contributed by atoms with Gasteiger partial charge in [-0.25, -0.2) is 0 Å². The molecular formula is C22H29N3O3. The van der Waals surface area contributed by atoms with Crippen molar-refractivity contribution >= 4 is 11.6 Å². The smallest absolute Gasteiger partial charge is 0.224 e. The SMILES string of the molecule is COc1cccc(CC(=O)NCCN2CCN(c3ccccc3OC)CC2)c1. The summed E-state index contributed by atoms with van der Waals surface area (Å²) in [5.41, 5.74) is 2.11. The van der Waals surface area contributed by atoms with Crippen LogP contribution >= 0.6 is 0 Å². The Morgan fingerprint density at radius 3 is 2.54 bits per heavy atom. The number of ether oxygens (including phenoxy) is 2. The summed E-state index contributed by atoms with van der Waals surface area (Å²) in [6, 6.07) is 15.8. The van der Waals surface area contributed by atoms with Gasteiger partial charge in [0.2, 0.25) is 5.91 Å². The summed E-state index contributed by atoms with van der Waals surface area (Å²) in [5, 5.41) is 3.02. The fourth-order valence-corrected chi connectivity index (χ4v) is 3.49. The zero-order valence-electron chi connectivity index (χ0n) is 16.7. The molecular weight excluding hydrogens is 354 g/mol. The van der Waals surface area contributed by atoms with Crippen molar-refractivity contribution < 1.29 is 14.3 Å². The number of rotatable bonds is 8. The highest BCUT2D eigenvalue weighted by atomic mass is 16.5. The lowest BCUT2D eigenvalue weighted by Crippen LogP contribution is -2.48. The molecule has 0 atom stereocenters. The number of hydrogen-bond donors (Lipinski definition) is 1. The van der Waals surface area contributed by atoms with Gasteiger partial charge in [0, 0.05) is 39.3 Å². The van der Waals surface area contributed by atoms with Crippen molar-refractivity contribution in [3.8, 4) is 11.5 Å². The topological polar surface area (TPSA) is 54.0 Å². The van der Waals surface area contributed by atoms with Crippen LogP contribution in [0.4, 0.5) is 5.69 Å². The van der Waals surface area contributed by atoms with E-state index in [4.69, 9.17) is 9.47 Å². The molecule has 0 radical (unpaired) electrons. The second-order valence-corrected chi connectivity index (χ2v) is 6.88. The molecule has 2 aromatic rings. The first-order valence-electron chi connectivity index (χ1n) is 9.69. The maximum Gasteiger partial charge on any atom is 0.224 e. The standard InChI is InChI=1S/C22H29N3O3/c1-27-19-7-5-6-18(16-19)17-22(26)23-10-11-24-12-14-25(15-13-24)20-8-3-4-9-21(20)28-2/h3-9,16H,10-15,17H2,1-2H3,(H,23,26). The Hall–Kier alpha value is -2.73. The Labute approximate surface area is 167 Å². The van der Waals surface area contributed by atoms with E-state index in [-0.39, 0.29) is 5.91 Å². The Balaban J connectivity index is 1.39. The third-order valence-corrected chi connectivity index (χ3v) is 5.05. The quantitative estimate of drug-likeness (QED) is 0.757. The number of hydrogen-bond acceptors (Lipinski definition) is 5. The van der Waals surface area contributed by atoms with Crippen LogP contribution in [0.25, 0.3) is 0 Å². The number of methoxy groups -OCH3 is 2. The molecule has 0 saturated carbocycles. The van der Waals surface area contributed by atoms with Gasteiger partial charge in [-0.3, -0.25) is 9.69 Å². The van der Waals surface area contributed by atoms with Gasteiger partial charge in [-0.05, 0) is 29.8 Å². The first kappa shape index (κ1) is 20.0. The van der Waals surface area contributed by atoms with Gasteiger partial charge in [-0.15, -0.1) is 0 Å². The third-order valence-electron chi connectivity index (χ3n) is 5.05. The second-order valence-electron chi connectivity index (χ2n) is 6.88. The zero-order chi connectivity index (χ0) is 19.8. The van der Waals surface area contributed by atoms with Crippen LogP contribution in [0, 0.1) is 0 Å². The predicted molar refractivity (Wildman–Crippen MR) is 111 cm³/mol. The number of para-hydroxylation sites is 2. The maximum absolute atomic E-state index is 12.2. The van der Waals surface area contributed by atoms with E-state index in [9.17, 15) is 4.79 Å². The summed E-state index contributed by atoms with van der Waals surface area (Å²) in [4.78, 5) is 16.9. The van der Waals surface area contributed by atoms with Gasteiger partial charge in [0.05, 0.1) is 26.3 Å². The van der Waals surface area contributed by atoms with Gasteiger partial charge in [0.1, 0.15) is 11.5 Å². The van der Waals surface area contributed by atoms with Crippen molar-refractivity contribution in [1.82, 2.24) is 10.2 Å². The minimum absolute atomic E-state index is 0.0425. The summed E-state index contributed by atoms with van der Waals surface area (Å²) >= 11 is 0. The molecule has 2 aromatic carbocycles. The minimum atomic E-state index is 0.0425. The van der Waals surface area contributed by atoms with Gasteiger partial charge < -0.3 is 19.7 Å². The predicted octanol–water partition coefficient (Wildman–Crippen LogP) is 2.18. The van der Waals surface area contributed by atoms with Crippen LogP contribution in [-0.4, -0.2) is 64.3 Å². The summed E-state index contributed by atoms with van der Waals surface area (Å²) in [6.07, 6.45) is 0.374. The van der Waals surface area contributed by atoms with Gasteiger partial charge in [-0.2, -0.15) is 0 Å². The molecule has 0 aliphatic carbocycles. The van der Waals surface area contributed by atoms with Crippen molar-refractivity contribution in [3.63, 3.8) is 0 Å². The van der Waals surface area contributed by atoms with E-state index in [0.29, 0.717) is 13.0 Å². The first-order valence-corrected chi connectivity index (χ1v) is 9.69. The highest BCUT2D eigenvalue weighted by Crippen LogP contribution is 2.28. The molecule has 1 fully saturated rings. The molecule has 1 saturated heterocycles. The number of carbonyl (C=O) groups excluding carboxylic acids is 1. The van der Waals surface area contributed by atoms with Crippen molar-refractivity contribution in [1.29, 1.82) is 0 Å². The summed E-state index contributed by atoms with van der Waals surface area (Å²) in [5.74, 6) is 1.74. The second kappa shape index (κ2) is 9.99. The number of benzene rings is 2. The van der Waals surface area contributed by atoms with Crippen LogP contribution in [0.3, 0.4) is 0 Å². The summed E-state index contributed by atoms with van der Waals surface area (Å²) in [7, 11) is 3.34. The Bertz CT molecular complexity index is 773. The van der Waals surface area contributed by atoms with Crippen LogP contribution in [0.5, 0.6) is 11.5 Å². The number of amides is 1. The van der Waals surface area contributed by atoms with E-state index in [1.54, 1.807) is 14.2 Å². The summed E-state index contributed by atoms with van der Waals surface area (Å²) < 4.78 is 10.7. The fourth-order valence-electron chi connectivity index (χ4n) is 3.49. The molecule has 1 N–H and O–H groups in total. The molecule has 1 aliphatic heterocycles. The molecule has 1 aliphatic rings. The number of piperazine rings is 1. The van der Waals surface area contributed by atoms with Gasteiger partial charge >= 0.3 is 0 Å². The molecule has 150 valence electrons. The lowest BCUT2D eigenvalue weighted by Gasteiger charge is -2.36. The molecule has 28 heavy (non-hydrogen) atoms. The summed E-state index contributed by atoms with van der Waals surface area (Å²) in [6.45, 7) is 5.39. The van der Waals surface area contributed by atoms with Crippen molar-refractivity contribution in [2.45, 2.75) is 6.42 Å². The van der Waals surface area contributed by atoms with E-state index in [2.05, 4.69) is 21.2 Å². The Morgan fingerprint density at radius 2 is 1.79 bits per heavy atom. The molecule has 0 bridgehead atoms. The molecule has 6 heteroatoms. The van der Waals surface area contributed by atoms with Crippen LogP contribution in [-0.2, 0) is 11.2 Å². The average Bonchev–Trinajstić information content (AvgIpc) is 2.74. The molecule has 0 unspecified atom stereocenters. The minimum Gasteiger partial charge on any atom is -0.497 e. The number of carbonyl (C=O) groups is 1. The highest BCUT2D eigenvalue weighted by molar-refractivity contribution is 5.78. The normalized spacial score (nSPS) is 14.6. The lowest BCUT2D eigenvalue weighted by molar-refractivity contribution is -0.120. The van der Waals surface area contributed by atoms with E-state index in [0.717, 1.165) is 55.5 Å². The number of anilines is 1. The lowest BCUT2D eigenvalue weighted by atomic mass is 10.1. The molecule has 1 amide bonds. The third kappa shape index (κ3) is 5.39.